The first-order chi connectivity index (χ1) is 16.5. The predicted octanol–water partition coefficient (Wildman–Crippen LogP) is 5.48. The zero-order chi connectivity index (χ0) is 23.7. The van der Waals surface area contributed by atoms with Gasteiger partial charge >= 0.3 is 0 Å². The smallest absolute Gasteiger partial charge is 0.151 e. The van der Waals surface area contributed by atoms with E-state index in [1.165, 1.54) is 36.4 Å². The molecule has 0 radical (unpaired) electrons. The molecule has 5 rings (SSSR count). The second kappa shape index (κ2) is 9.48. The third kappa shape index (κ3) is 4.26. The van der Waals surface area contributed by atoms with Gasteiger partial charge in [-0.1, -0.05) is 19.1 Å². The van der Waals surface area contributed by atoms with Crippen molar-refractivity contribution in [1.82, 2.24) is 20.0 Å². The lowest BCUT2D eigenvalue weighted by Gasteiger charge is -2.39. The maximum atomic E-state index is 15.4. The predicted molar refractivity (Wildman–Crippen MR) is 124 cm³/mol. The number of likely N-dealkylation sites (N-methyl/N-ethyl adjacent to an activating group) is 1. The molecule has 0 saturated carbocycles. The van der Waals surface area contributed by atoms with Crippen LogP contribution in [-0.4, -0.2) is 52.7 Å². The van der Waals surface area contributed by atoms with Gasteiger partial charge in [0.1, 0.15) is 23.1 Å². The Morgan fingerprint density at radius 1 is 1.00 bits per heavy atom. The first-order valence-electron chi connectivity index (χ1n) is 11.3. The Morgan fingerprint density at radius 2 is 1.71 bits per heavy atom. The highest BCUT2D eigenvalue weighted by Gasteiger charge is 2.31. The largest absolute Gasteiger partial charge is 0.463 e. The molecule has 3 heterocycles. The molecular formula is C26H25F3N4O. The SMILES string of the molecule is CCN1CCN(C(c2cc(F)c(-c3ccc(F)cc3)c(F)c2)c2cn[nH]c2-c2ccco2)CC1. The first kappa shape index (κ1) is 22.4. The Bertz CT molecular complexity index is 1220. The molecule has 0 bridgehead atoms. The summed E-state index contributed by atoms with van der Waals surface area (Å²) in [6.07, 6.45) is 3.27. The molecular weight excluding hydrogens is 441 g/mol. The highest BCUT2D eigenvalue weighted by atomic mass is 19.1. The van der Waals surface area contributed by atoms with Gasteiger partial charge in [-0.05, 0) is 54.1 Å². The lowest BCUT2D eigenvalue weighted by Crippen LogP contribution is -2.47. The Hall–Kier alpha value is -3.36. The fraction of sp³-hybridized carbons (Fsp3) is 0.269. The van der Waals surface area contributed by atoms with Crippen LogP contribution in [0, 0.1) is 17.5 Å². The van der Waals surface area contributed by atoms with Crippen molar-refractivity contribution in [3.05, 3.63) is 89.6 Å². The Kier molecular flexibility index (Phi) is 6.26. The van der Waals surface area contributed by atoms with Crippen LogP contribution in [0.4, 0.5) is 13.2 Å². The summed E-state index contributed by atoms with van der Waals surface area (Å²) < 4.78 is 49.6. The third-order valence-electron chi connectivity index (χ3n) is 6.46. The second-order valence-electron chi connectivity index (χ2n) is 8.42. The zero-order valence-electron chi connectivity index (χ0n) is 18.8. The van der Waals surface area contributed by atoms with Crippen molar-refractivity contribution in [2.45, 2.75) is 13.0 Å². The monoisotopic (exact) mass is 466 g/mol. The van der Waals surface area contributed by atoms with E-state index >= 15 is 8.78 Å². The first-order valence-corrected chi connectivity index (χ1v) is 11.3. The number of H-pyrrole nitrogens is 1. The van der Waals surface area contributed by atoms with Crippen LogP contribution in [0.5, 0.6) is 0 Å². The number of hydrogen-bond acceptors (Lipinski definition) is 4. The lowest BCUT2D eigenvalue weighted by atomic mass is 9.93. The molecule has 0 aliphatic carbocycles. The molecule has 1 unspecified atom stereocenters. The number of halogens is 3. The van der Waals surface area contributed by atoms with E-state index < -0.39 is 23.5 Å². The minimum absolute atomic E-state index is 0.170. The van der Waals surface area contributed by atoms with Crippen molar-refractivity contribution >= 4 is 0 Å². The van der Waals surface area contributed by atoms with E-state index in [-0.39, 0.29) is 11.1 Å². The van der Waals surface area contributed by atoms with E-state index in [1.807, 2.05) is 6.07 Å². The van der Waals surface area contributed by atoms with Crippen LogP contribution < -0.4 is 0 Å². The van der Waals surface area contributed by atoms with Gasteiger partial charge in [-0.15, -0.1) is 0 Å². The number of benzene rings is 2. The minimum atomic E-state index is -0.693. The van der Waals surface area contributed by atoms with Gasteiger partial charge in [0, 0.05) is 31.7 Å². The van der Waals surface area contributed by atoms with E-state index in [9.17, 15) is 4.39 Å². The topological polar surface area (TPSA) is 48.3 Å². The fourth-order valence-corrected chi connectivity index (χ4v) is 4.69. The average Bonchev–Trinajstić information content (AvgIpc) is 3.53. The van der Waals surface area contributed by atoms with E-state index in [0.29, 0.717) is 17.0 Å². The molecule has 5 nitrogen and oxygen atoms in total. The second-order valence-corrected chi connectivity index (χ2v) is 8.42. The quantitative estimate of drug-likeness (QED) is 0.409. The molecule has 1 saturated heterocycles. The number of aromatic nitrogens is 2. The van der Waals surface area contributed by atoms with Gasteiger partial charge in [-0.3, -0.25) is 10.00 Å². The number of piperazine rings is 1. The van der Waals surface area contributed by atoms with Gasteiger partial charge in [0.2, 0.25) is 0 Å². The van der Waals surface area contributed by atoms with Crippen LogP contribution in [0.3, 0.4) is 0 Å². The van der Waals surface area contributed by atoms with Crippen molar-refractivity contribution < 1.29 is 17.6 Å². The van der Waals surface area contributed by atoms with E-state index in [4.69, 9.17) is 4.42 Å². The number of nitrogens with one attached hydrogen (secondary N) is 1. The molecule has 8 heteroatoms. The van der Waals surface area contributed by atoms with Crippen molar-refractivity contribution in [3.8, 4) is 22.6 Å². The van der Waals surface area contributed by atoms with Crippen LogP contribution >= 0.6 is 0 Å². The molecule has 1 aliphatic heterocycles. The van der Waals surface area contributed by atoms with Gasteiger partial charge in [-0.25, -0.2) is 13.2 Å². The summed E-state index contributed by atoms with van der Waals surface area (Å²) in [5.41, 5.74) is 2.07. The van der Waals surface area contributed by atoms with Crippen LogP contribution in [-0.2, 0) is 0 Å². The highest BCUT2D eigenvalue weighted by molar-refractivity contribution is 5.66. The Balaban J connectivity index is 1.59. The number of furan rings is 1. The molecule has 1 atom stereocenters. The molecule has 1 aliphatic rings. The van der Waals surface area contributed by atoms with Gasteiger partial charge in [0.05, 0.1) is 24.1 Å². The van der Waals surface area contributed by atoms with E-state index in [0.717, 1.165) is 38.3 Å². The standard InChI is InChI=1S/C26H25F3N4O/c1-2-32-9-11-33(12-10-32)26(20-16-30-31-25(20)23-4-3-13-34-23)18-14-21(28)24(22(29)15-18)17-5-7-19(27)8-6-17/h3-8,13-16,26H,2,9-12H2,1H3,(H,30,31). The van der Waals surface area contributed by atoms with Crippen molar-refractivity contribution in [3.63, 3.8) is 0 Å². The molecule has 176 valence electrons. The van der Waals surface area contributed by atoms with Crippen molar-refractivity contribution in [2.75, 3.05) is 32.7 Å². The summed E-state index contributed by atoms with van der Waals surface area (Å²) in [5.74, 6) is -1.24. The Morgan fingerprint density at radius 3 is 2.32 bits per heavy atom. The summed E-state index contributed by atoms with van der Waals surface area (Å²) in [4.78, 5) is 4.56. The maximum absolute atomic E-state index is 15.4. The van der Waals surface area contributed by atoms with Crippen LogP contribution in [0.25, 0.3) is 22.6 Å². The van der Waals surface area contributed by atoms with Crippen LogP contribution in [0.1, 0.15) is 24.1 Å². The molecule has 1 N–H and O–H groups in total. The number of hydrogen-bond donors (Lipinski definition) is 1. The average molecular weight is 467 g/mol. The third-order valence-corrected chi connectivity index (χ3v) is 6.46. The summed E-state index contributed by atoms with van der Waals surface area (Å²) in [6.45, 7) is 6.28. The molecule has 2 aromatic carbocycles. The summed E-state index contributed by atoms with van der Waals surface area (Å²) in [7, 11) is 0. The molecule has 2 aromatic heterocycles. The minimum Gasteiger partial charge on any atom is -0.463 e. The van der Waals surface area contributed by atoms with Gasteiger partial charge in [0.15, 0.2) is 5.76 Å². The summed E-state index contributed by atoms with van der Waals surface area (Å²) in [5, 5.41) is 7.21. The normalized spacial score (nSPS) is 16.1. The lowest BCUT2D eigenvalue weighted by molar-refractivity contribution is 0.113. The molecule has 4 aromatic rings. The summed E-state index contributed by atoms with van der Waals surface area (Å²) in [6, 6.07) is 11.1. The van der Waals surface area contributed by atoms with Gasteiger partial charge < -0.3 is 9.32 Å². The van der Waals surface area contributed by atoms with E-state index in [2.05, 4.69) is 26.9 Å². The number of nitrogens with zero attached hydrogens (tertiary/aromatic N) is 3. The Labute approximate surface area is 195 Å². The number of aromatic amines is 1. The van der Waals surface area contributed by atoms with Crippen molar-refractivity contribution in [1.29, 1.82) is 0 Å². The van der Waals surface area contributed by atoms with Gasteiger partial charge in [0.25, 0.3) is 0 Å². The van der Waals surface area contributed by atoms with Crippen LogP contribution in [0.15, 0.2) is 65.4 Å². The van der Waals surface area contributed by atoms with E-state index in [1.54, 1.807) is 18.5 Å². The zero-order valence-corrected chi connectivity index (χ0v) is 18.8. The highest BCUT2D eigenvalue weighted by Crippen LogP contribution is 2.38. The van der Waals surface area contributed by atoms with Gasteiger partial charge in [-0.2, -0.15) is 5.10 Å². The van der Waals surface area contributed by atoms with Crippen molar-refractivity contribution in [2.24, 2.45) is 0 Å². The summed E-state index contributed by atoms with van der Waals surface area (Å²) >= 11 is 0. The molecule has 0 amide bonds. The molecule has 0 spiro atoms. The number of rotatable bonds is 6. The van der Waals surface area contributed by atoms with Crippen LogP contribution in [0.2, 0.25) is 0 Å². The maximum Gasteiger partial charge on any atom is 0.151 e. The fourth-order valence-electron chi connectivity index (χ4n) is 4.69. The molecule has 1 fully saturated rings. The molecule has 34 heavy (non-hydrogen) atoms.